The van der Waals surface area contributed by atoms with Gasteiger partial charge in [-0.05, 0) is 52.7 Å². The summed E-state index contributed by atoms with van der Waals surface area (Å²) in [5.74, 6) is 2.62. The van der Waals surface area contributed by atoms with Crippen molar-refractivity contribution in [1.82, 2.24) is 4.90 Å². The number of ether oxygens (including phenoxy) is 1. The SMILES string of the molecule is COc1ccc(Br)c(C(=O)N2CCS[C@H](c3ccco3)CC2)c1. The molecule has 1 aromatic heterocycles. The molecule has 4 nitrogen and oxygen atoms in total. The smallest absolute Gasteiger partial charge is 0.255 e. The lowest BCUT2D eigenvalue weighted by molar-refractivity contribution is 0.0764. The van der Waals surface area contributed by atoms with Crippen molar-refractivity contribution in [1.29, 1.82) is 0 Å². The average Bonchev–Trinajstić information content (AvgIpc) is 2.99. The van der Waals surface area contributed by atoms with E-state index in [2.05, 4.69) is 15.9 Å². The van der Waals surface area contributed by atoms with E-state index < -0.39 is 0 Å². The molecule has 1 atom stereocenters. The molecule has 0 saturated carbocycles. The molecule has 2 aromatic rings. The van der Waals surface area contributed by atoms with Crippen LogP contribution in [0.4, 0.5) is 0 Å². The standard InChI is InChI=1S/C17H18BrNO3S/c1-21-12-4-5-14(18)13(11-12)17(20)19-7-6-16(23-10-8-19)15-3-2-9-22-15/h2-5,9,11,16H,6-8,10H2,1H3/t16-/m0/s1. The summed E-state index contributed by atoms with van der Waals surface area (Å²) in [5, 5.41) is 0.316. The monoisotopic (exact) mass is 395 g/mol. The van der Waals surface area contributed by atoms with Gasteiger partial charge < -0.3 is 14.1 Å². The van der Waals surface area contributed by atoms with Gasteiger partial charge in [-0.25, -0.2) is 0 Å². The second-order valence-corrected chi connectivity index (χ2v) is 7.47. The zero-order chi connectivity index (χ0) is 16.2. The number of halogens is 1. The predicted octanol–water partition coefficient (Wildman–Crippen LogP) is 4.37. The van der Waals surface area contributed by atoms with Crippen molar-refractivity contribution in [3.8, 4) is 5.75 Å². The fraction of sp³-hybridized carbons (Fsp3) is 0.353. The molecule has 1 amide bonds. The van der Waals surface area contributed by atoms with Gasteiger partial charge in [0, 0.05) is 23.3 Å². The van der Waals surface area contributed by atoms with Crippen LogP contribution in [0.3, 0.4) is 0 Å². The van der Waals surface area contributed by atoms with Crippen LogP contribution in [0.2, 0.25) is 0 Å². The molecule has 0 bridgehead atoms. The second kappa shape index (κ2) is 7.45. The van der Waals surface area contributed by atoms with Gasteiger partial charge in [0.25, 0.3) is 5.91 Å². The summed E-state index contributed by atoms with van der Waals surface area (Å²) in [6.45, 7) is 1.46. The van der Waals surface area contributed by atoms with E-state index in [1.54, 1.807) is 19.4 Å². The van der Waals surface area contributed by atoms with Crippen molar-refractivity contribution in [2.45, 2.75) is 11.7 Å². The Kier molecular flexibility index (Phi) is 5.33. The van der Waals surface area contributed by atoms with Crippen molar-refractivity contribution < 1.29 is 13.9 Å². The molecule has 0 radical (unpaired) electrons. The van der Waals surface area contributed by atoms with E-state index >= 15 is 0 Å². The summed E-state index contributed by atoms with van der Waals surface area (Å²) in [4.78, 5) is 14.8. The van der Waals surface area contributed by atoms with Crippen molar-refractivity contribution in [3.05, 3.63) is 52.4 Å². The molecule has 122 valence electrons. The molecule has 0 spiro atoms. The normalized spacial score (nSPS) is 18.5. The van der Waals surface area contributed by atoms with Gasteiger partial charge in [0.2, 0.25) is 0 Å². The molecule has 0 unspecified atom stereocenters. The first-order valence-electron chi connectivity index (χ1n) is 7.47. The highest BCUT2D eigenvalue weighted by molar-refractivity contribution is 9.10. The van der Waals surface area contributed by atoms with Crippen LogP contribution >= 0.6 is 27.7 Å². The van der Waals surface area contributed by atoms with Crippen LogP contribution in [0.5, 0.6) is 5.75 Å². The number of carbonyl (C=O) groups excluding carboxylic acids is 1. The molecule has 2 heterocycles. The van der Waals surface area contributed by atoms with E-state index in [-0.39, 0.29) is 5.91 Å². The highest BCUT2D eigenvalue weighted by atomic mass is 79.9. The Morgan fingerprint density at radius 1 is 1.39 bits per heavy atom. The lowest BCUT2D eigenvalue weighted by Crippen LogP contribution is -2.33. The number of furan rings is 1. The Morgan fingerprint density at radius 2 is 2.26 bits per heavy atom. The minimum absolute atomic E-state index is 0.0384. The topological polar surface area (TPSA) is 42.7 Å². The predicted molar refractivity (Wildman–Crippen MR) is 95.1 cm³/mol. The number of methoxy groups -OCH3 is 1. The first-order valence-corrected chi connectivity index (χ1v) is 9.31. The number of carbonyl (C=O) groups is 1. The lowest BCUT2D eigenvalue weighted by Gasteiger charge is -2.21. The van der Waals surface area contributed by atoms with Crippen LogP contribution in [0, 0.1) is 0 Å². The number of thioether (sulfide) groups is 1. The van der Waals surface area contributed by atoms with Gasteiger partial charge >= 0.3 is 0 Å². The summed E-state index contributed by atoms with van der Waals surface area (Å²) in [5.41, 5.74) is 0.644. The Balaban J connectivity index is 1.73. The fourth-order valence-corrected chi connectivity index (χ4v) is 4.24. The van der Waals surface area contributed by atoms with E-state index in [9.17, 15) is 4.79 Å². The van der Waals surface area contributed by atoms with Crippen molar-refractivity contribution in [2.75, 3.05) is 26.0 Å². The van der Waals surface area contributed by atoms with Gasteiger partial charge in [-0.3, -0.25) is 4.79 Å². The van der Waals surface area contributed by atoms with Crippen LogP contribution in [0.15, 0.2) is 45.5 Å². The number of hydrogen-bond donors (Lipinski definition) is 0. The molecule has 23 heavy (non-hydrogen) atoms. The number of hydrogen-bond acceptors (Lipinski definition) is 4. The minimum Gasteiger partial charge on any atom is -0.497 e. The summed E-state index contributed by atoms with van der Waals surface area (Å²) in [6.07, 6.45) is 2.60. The quantitative estimate of drug-likeness (QED) is 0.773. The molecule has 1 fully saturated rings. The third kappa shape index (κ3) is 3.75. The molecule has 6 heteroatoms. The second-order valence-electron chi connectivity index (χ2n) is 5.30. The summed E-state index contributed by atoms with van der Waals surface area (Å²) in [7, 11) is 1.61. The van der Waals surface area contributed by atoms with Gasteiger partial charge in [0.15, 0.2) is 0 Å². The average molecular weight is 396 g/mol. The summed E-state index contributed by atoms with van der Waals surface area (Å²) < 4.78 is 11.5. The summed E-state index contributed by atoms with van der Waals surface area (Å²) >= 11 is 5.31. The number of amides is 1. The van der Waals surface area contributed by atoms with Crippen LogP contribution in [-0.4, -0.2) is 36.8 Å². The first kappa shape index (κ1) is 16.5. The van der Waals surface area contributed by atoms with E-state index in [0.29, 0.717) is 16.6 Å². The molecular formula is C17H18BrNO3S. The minimum atomic E-state index is 0.0384. The highest BCUT2D eigenvalue weighted by Gasteiger charge is 2.25. The van der Waals surface area contributed by atoms with Crippen LogP contribution < -0.4 is 4.74 Å². The van der Waals surface area contributed by atoms with Crippen molar-refractivity contribution in [2.24, 2.45) is 0 Å². The van der Waals surface area contributed by atoms with Gasteiger partial charge in [-0.2, -0.15) is 0 Å². The first-order chi connectivity index (χ1) is 11.2. The maximum absolute atomic E-state index is 12.8. The summed E-state index contributed by atoms with van der Waals surface area (Å²) in [6, 6.07) is 9.40. The van der Waals surface area contributed by atoms with Crippen LogP contribution in [0.25, 0.3) is 0 Å². The number of rotatable bonds is 3. The molecule has 1 aliphatic rings. The number of benzene rings is 1. The largest absolute Gasteiger partial charge is 0.497 e. The van der Waals surface area contributed by atoms with E-state index in [1.807, 2.05) is 40.9 Å². The van der Waals surface area contributed by atoms with E-state index in [0.717, 1.165) is 35.5 Å². The van der Waals surface area contributed by atoms with Crippen LogP contribution in [0.1, 0.15) is 27.8 Å². The molecule has 0 N–H and O–H groups in total. The zero-order valence-electron chi connectivity index (χ0n) is 12.8. The van der Waals surface area contributed by atoms with Gasteiger partial charge in [-0.15, -0.1) is 11.8 Å². The Bertz CT molecular complexity index is 674. The maximum atomic E-state index is 12.8. The molecule has 0 aliphatic carbocycles. The van der Waals surface area contributed by atoms with Gasteiger partial charge in [0.05, 0.1) is 24.2 Å². The molecule has 3 rings (SSSR count). The molecule has 1 saturated heterocycles. The van der Waals surface area contributed by atoms with Crippen LogP contribution in [-0.2, 0) is 0 Å². The molecular weight excluding hydrogens is 378 g/mol. The fourth-order valence-electron chi connectivity index (χ4n) is 2.64. The number of nitrogens with zero attached hydrogens (tertiary/aromatic N) is 1. The lowest BCUT2D eigenvalue weighted by atomic mass is 10.1. The third-order valence-electron chi connectivity index (χ3n) is 3.89. The Labute approximate surface area is 148 Å². The Morgan fingerprint density at radius 3 is 3.00 bits per heavy atom. The van der Waals surface area contributed by atoms with E-state index in [1.165, 1.54) is 0 Å². The zero-order valence-corrected chi connectivity index (χ0v) is 15.2. The van der Waals surface area contributed by atoms with Crippen molar-refractivity contribution >= 4 is 33.6 Å². The van der Waals surface area contributed by atoms with Crippen molar-refractivity contribution in [3.63, 3.8) is 0 Å². The van der Waals surface area contributed by atoms with Gasteiger partial charge in [0.1, 0.15) is 11.5 Å². The van der Waals surface area contributed by atoms with E-state index in [4.69, 9.17) is 9.15 Å². The Hall–Kier alpha value is -1.40. The highest BCUT2D eigenvalue weighted by Crippen LogP contribution is 2.35. The van der Waals surface area contributed by atoms with Gasteiger partial charge in [-0.1, -0.05) is 0 Å². The molecule has 1 aliphatic heterocycles. The molecule has 1 aromatic carbocycles. The maximum Gasteiger partial charge on any atom is 0.255 e. The third-order valence-corrected chi connectivity index (χ3v) is 5.87.